The van der Waals surface area contributed by atoms with Crippen molar-refractivity contribution >= 4 is 39.0 Å². The number of nitrogens with two attached hydrogens (primary N) is 1. The van der Waals surface area contributed by atoms with E-state index in [9.17, 15) is 4.79 Å². The zero-order valence-corrected chi connectivity index (χ0v) is 13.7. The number of benzene rings is 1. The highest BCUT2D eigenvalue weighted by Gasteiger charge is 2.14. The van der Waals surface area contributed by atoms with Crippen molar-refractivity contribution < 1.29 is 10.0 Å². The van der Waals surface area contributed by atoms with Crippen LogP contribution < -0.4 is 5.73 Å². The summed E-state index contributed by atoms with van der Waals surface area (Å²) in [5, 5.41) is 13.6. The number of oxime groups is 1. The molecular formula is C14H14BrN3O2S. The lowest BCUT2D eigenvalue weighted by Crippen LogP contribution is -2.26. The van der Waals surface area contributed by atoms with E-state index in [1.54, 1.807) is 47.5 Å². The number of amidine groups is 1. The smallest absolute Gasteiger partial charge is 0.253 e. The van der Waals surface area contributed by atoms with Gasteiger partial charge in [0.1, 0.15) is 0 Å². The van der Waals surface area contributed by atoms with Crippen LogP contribution in [0, 0.1) is 0 Å². The monoisotopic (exact) mass is 367 g/mol. The lowest BCUT2D eigenvalue weighted by molar-refractivity contribution is 0.0786. The molecule has 3 N–H and O–H groups in total. The molecule has 7 heteroatoms. The van der Waals surface area contributed by atoms with Crippen molar-refractivity contribution in [1.82, 2.24) is 4.90 Å². The Morgan fingerprint density at radius 1 is 1.43 bits per heavy atom. The maximum Gasteiger partial charge on any atom is 0.253 e. The summed E-state index contributed by atoms with van der Waals surface area (Å²) in [5.41, 5.74) is 6.54. The molecule has 1 aromatic heterocycles. The molecule has 0 aliphatic heterocycles. The number of hydrogen-bond donors (Lipinski definition) is 2. The van der Waals surface area contributed by atoms with Crippen LogP contribution >= 0.6 is 27.3 Å². The predicted octanol–water partition coefficient (Wildman–Crippen LogP) is 2.88. The fraction of sp³-hybridized carbons (Fsp3) is 0.143. The van der Waals surface area contributed by atoms with E-state index < -0.39 is 0 Å². The van der Waals surface area contributed by atoms with Crippen LogP contribution in [-0.2, 0) is 6.54 Å². The Labute approximate surface area is 134 Å². The van der Waals surface area contributed by atoms with E-state index >= 15 is 0 Å². The Morgan fingerprint density at radius 3 is 2.76 bits per heavy atom. The summed E-state index contributed by atoms with van der Waals surface area (Å²) >= 11 is 4.98. The fourth-order valence-electron chi connectivity index (χ4n) is 1.83. The first-order valence-corrected chi connectivity index (χ1v) is 7.75. The van der Waals surface area contributed by atoms with Gasteiger partial charge in [-0.15, -0.1) is 11.3 Å². The van der Waals surface area contributed by atoms with Crippen LogP contribution in [-0.4, -0.2) is 28.9 Å². The summed E-state index contributed by atoms with van der Waals surface area (Å²) in [6.07, 6.45) is 0. The second-order valence-corrected chi connectivity index (χ2v) is 6.37. The molecule has 0 spiro atoms. The van der Waals surface area contributed by atoms with Gasteiger partial charge in [0.2, 0.25) is 0 Å². The standard InChI is InChI=1S/C14H14BrN3O2S/c1-18(7-12-6-11(15)8-21-12)14(19)10-4-2-3-9(5-10)13(16)17-20/h2-6,8,20H,7H2,1H3,(H2,16,17). The molecule has 2 rings (SSSR count). The topological polar surface area (TPSA) is 78.9 Å². The number of nitrogens with zero attached hydrogens (tertiary/aromatic N) is 2. The van der Waals surface area contributed by atoms with Crippen molar-refractivity contribution in [3.05, 3.63) is 56.2 Å². The van der Waals surface area contributed by atoms with Crippen LogP contribution in [0.4, 0.5) is 0 Å². The second kappa shape index (κ2) is 6.73. The molecular weight excluding hydrogens is 354 g/mol. The molecule has 21 heavy (non-hydrogen) atoms. The molecule has 0 aliphatic rings. The maximum absolute atomic E-state index is 12.4. The SMILES string of the molecule is CN(Cc1cc(Br)cs1)C(=O)c1cccc(C(N)=NO)c1. The summed E-state index contributed by atoms with van der Waals surface area (Å²) in [7, 11) is 1.74. The van der Waals surface area contributed by atoms with Gasteiger partial charge in [0, 0.05) is 32.9 Å². The largest absolute Gasteiger partial charge is 0.409 e. The first-order chi connectivity index (χ1) is 10.0. The lowest BCUT2D eigenvalue weighted by Gasteiger charge is -2.16. The van der Waals surface area contributed by atoms with Crippen molar-refractivity contribution in [2.75, 3.05) is 7.05 Å². The summed E-state index contributed by atoms with van der Waals surface area (Å²) in [6, 6.07) is 8.69. The molecule has 0 bridgehead atoms. The predicted molar refractivity (Wildman–Crippen MR) is 86.8 cm³/mol. The average molecular weight is 368 g/mol. The van der Waals surface area contributed by atoms with Gasteiger partial charge in [-0.25, -0.2) is 0 Å². The summed E-state index contributed by atoms with van der Waals surface area (Å²) in [5.74, 6) is -0.137. The molecule has 0 radical (unpaired) electrons. The zero-order chi connectivity index (χ0) is 15.4. The molecule has 0 fully saturated rings. The molecule has 1 heterocycles. The van der Waals surface area contributed by atoms with Crippen LogP contribution in [0.2, 0.25) is 0 Å². The molecule has 0 atom stereocenters. The van der Waals surface area contributed by atoms with E-state index in [4.69, 9.17) is 10.9 Å². The van der Waals surface area contributed by atoms with Gasteiger partial charge < -0.3 is 15.8 Å². The molecule has 0 aliphatic carbocycles. The van der Waals surface area contributed by atoms with Gasteiger partial charge in [-0.05, 0) is 34.1 Å². The third-order valence-corrected chi connectivity index (χ3v) is 4.56. The quantitative estimate of drug-likeness (QED) is 0.377. The van der Waals surface area contributed by atoms with E-state index in [2.05, 4.69) is 21.1 Å². The molecule has 0 saturated carbocycles. The maximum atomic E-state index is 12.4. The Morgan fingerprint density at radius 2 is 2.14 bits per heavy atom. The van der Waals surface area contributed by atoms with Crippen LogP contribution in [0.5, 0.6) is 0 Å². The molecule has 110 valence electrons. The van der Waals surface area contributed by atoms with Crippen molar-refractivity contribution in [1.29, 1.82) is 0 Å². The van der Waals surface area contributed by atoms with Gasteiger partial charge >= 0.3 is 0 Å². The first kappa shape index (κ1) is 15.5. The number of halogens is 1. The summed E-state index contributed by atoms with van der Waals surface area (Å²) < 4.78 is 1.01. The summed E-state index contributed by atoms with van der Waals surface area (Å²) in [4.78, 5) is 15.1. The second-order valence-electron chi connectivity index (χ2n) is 4.46. The number of amides is 1. The Bertz CT molecular complexity index is 684. The average Bonchev–Trinajstić information content (AvgIpc) is 2.90. The molecule has 0 saturated heterocycles. The molecule has 5 nitrogen and oxygen atoms in total. The highest BCUT2D eigenvalue weighted by Crippen LogP contribution is 2.21. The van der Waals surface area contributed by atoms with E-state index in [0.29, 0.717) is 17.7 Å². The fourth-order valence-corrected chi connectivity index (χ4v) is 3.34. The zero-order valence-electron chi connectivity index (χ0n) is 11.3. The lowest BCUT2D eigenvalue weighted by atomic mass is 10.1. The van der Waals surface area contributed by atoms with E-state index in [1.165, 1.54) is 0 Å². The molecule has 0 unspecified atom stereocenters. The van der Waals surface area contributed by atoms with Gasteiger partial charge in [0.05, 0.1) is 6.54 Å². The normalized spacial score (nSPS) is 11.4. The van der Waals surface area contributed by atoms with Crippen LogP contribution in [0.25, 0.3) is 0 Å². The van der Waals surface area contributed by atoms with Gasteiger partial charge in [-0.3, -0.25) is 4.79 Å². The van der Waals surface area contributed by atoms with Gasteiger partial charge in [-0.1, -0.05) is 17.3 Å². The van der Waals surface area contributed by atoms with Crippen molar-refractivity contribution in [3.8, 4) is 0 Å². The van der Waals surface area contributed by atoms with E-state index in [0.717, 1.165) is 9.35 Å². The molecule has 1 amide bonds. The Hall–Kier alpha value is -1.86. The number of hydrogen-bond acceptors (Lipinski definition) is 4. The minimum Gasteiger partial charge on any atom is -0.409 e. The van der Waals surface area contributed by atoms with Crippen LogP contribution in [0.3, 0.4) is 0 Å². The van der Waals surface area contributed by atoms with Crippen LogP contribution in [0.1, 0.15) is 20.8 Å². The van der Waals surface area contributed by atoms with Gasteiger partial charge in [0.15, 0.2) is 5.84 Å². The Balaban J connectivity index is 2.15. The third-order valence-electron chi connectivity index (χ3n) is 2.87. The highest BCUT2D eigenvalue weighted by atomic mass is 79.9. The minimum atomic E-state index is -0.118. The van der Waals surface area contributed by atoms with E-state index in [-0.39, 0.29) is 11.7 Å². The number of rotatable bonds is 4. The van der Waals surface area contributed by atoms with Gasteiger partial charge in [-0.2, -0.15) is 0 Å². The highest BCUT2D eigenvalue weighted by molar-refractivity contribution is 9.10. The molecule has 2 aromatic rings. The third kappa shape index (κ3) is 3.83. The number of carbonyl (C=O) groups is 1. The van der Waals surface area contributed by atoms with Crippen molar-refractivity contribution in [3.63, 3.8) is 0 Å². The van der Waals surface area contributed by atoms with Gasteiger partial charge in [0.25, 0.3) is 5.91 Å². The van der Waals surface area contributed by atoms with Crippen molar-refractivity contribution in [2.45, 2.75) is 6.54 Å². The van der Waals surface area contributed by atoms with Crippen molar-refractivity contribution in [2.24, 2.45) is 10.9 Å². The number of thiophene rings is 1. The van der Waals surface area contributed by atoms with Crippen LogP contribution in [0.15, 0.2) is 45.3 Å². The number of carbonyl (C=O) groups excluding carboxylic acids is 1. The first-order valence-electron chi connectivity index (χ1n) is 6.07. The van der Waals surface area contributed by atoms with E-state index in [1.807, 2.05) is 11.4 Å². The Kier molecular flexibility index (Phi) is 4.98. The minimum absolute atomic E-state index is 0.0190. The summed E-state index contributed by atoms with van der Waals surface area (Å²) in [6.45, 7) is 0.531. The molecule has 1 aromatic carbocycles.